The number of nitrogens with one attached hydrogen (secondary N) is 1. The topological polar surface area (TPSA) is 29.9 Å². The first kappa shape index (κ1) is 14.1. The smallest absolute Gasteiger partial charge is 0.0762 e. The molecule has 2 saturated carbocycles. The van der Waals surface area contributed by atoms with E-state index in [0.29, 0.717) is 11.5 Å². The lowest BCUT2D eigenvalue weighted by Crippen LogP contribution is -2.31. The van der Waals surface area contributed by atoms with Crippen LogP contribution in [0.25, 0.3) is 0 Å². The predicted octanol–water partition coefficient (Wildman–Crippen LogP) is 4.06. The lowest BCUT2D eigenvalue weighted by molar-refractivity contribution is 0.267. The number of rotatable bonds is 6. The van der Waals surface area contributed by atoms with Crippen LogP contribution in [0.4, 0.5) is 0 Å². The van der Waals surface area contributed by atoms with Crippen LogP contribution in [-0.4, -0.2) is 16.3 Å². The summed E-state index contributed by atoms with van der Waals surface area (Å²) >= 11 is 0. The maximum absolute atomic E-state index is 4.76. The van der Waals surface area contributed by atoms with Crippen LogP contribution in [0, 0.1) is 5.41 Å². The first-order valence-electron chi connectivity index (χ1n) is 8.56. The highest BCUT2D eigenvalue weighted by molar-refractivity contribution is 5.00. The molecule has 0 bridgehead atoms. The molecule has 2 aliphatic rings. The van der Waals surface area contributed by atoms with Gasteiger partial charge in [0.05, 0.1) is 11.7 Å². The molecule has 3 heteroatoms. The fourth-order valence-electron chi connectivity index (χ4n) is 4.08. The molecule has 0 saturated heterocycles. The van der Waals surface area contributed by atoms with Crippen molar-refractivity contribution in [2.24, 2.45) is 5.41 Å². The Kier molecular flexibility index (Phi) is 4.45. The van der Waals surface area contributed by atoms with Gasteiger partial charge < -0.3 is 5.32 Å². The molecule has 1 aromatic rings. The average Bonchev–Trinajstić information content (AvgIpc) is 3.21. The van der Waals surface area contributed by atoms with Gasteiger partial charge in [0.2, 0.25) is 0 Å². The zero-order chi connectivity index (χ0) is 13.8. The molecule has 1 aromatic heterocycles. The molecule has 0 radical (unpaired) electrons. The standard InChI is InChI=1S/C17H29N3/c1-2-17(10-5-6-11-17)14-18-13-15-9-12-20(19-15)16-7-3-4-8-16/h9,12,16,18H,2-8,10-11,13-14H2,1H3. The van der Waals surface area contributed by atoms with Crippen LogP contribution in [0.2, 0.25) is 0 Å². The fourth-order valence-corrected chi connectivity index (χ4v) is 4.08. The Morgan fingerprint density at radius 2 is 2.00 bits per heavy atom. The second-order valence-electron chi connectivity index (χ2n) is 6.89. The highest BCUT2D eigenvalue weighted by Gasteiger charge is 2.31. The van der Waals surface area contributed by atoms with Crippen LogP contribution in [-0.2, 0) is 6.54 Å². The van der Waals surface area contributed by atoms with E-state index in [4.69, 9.17) is 5.10 Å². The maximum atomic E-state index is 4.76. The summed E-state index contributed by atoms with van der Waals surface area (Å²) in [6.45, 7) is 4.45. The molecule has 112 valence electrons. The molecule has 0 aliphatic heterocycles. The third kappa shape index (κ3) is 3.08. The van der Waals surface area contributed by atoms with Crippen LogP contribution in [0.15, 0.2) is 12.3 Å². The summed E-state index contributed by atoms with van der Waals surface area (Å²) in [4.78, 5) is 0. The van der Waals surface area contributed by atoms with Crippen molar-refractivity contribution in [2.45, 2.75) is 77.3 Å². The van der Waals surface area contributed by atoms with Crippen molar-refractivity contribution in [3.05, 3.63) is 18.0 Å². The number of nitrogens with zero attached hydrogens (tertiary/aromatic N) is 2. The van der Waals surface area contributed by atoms with E-state index in [9.17, 15) is 0 Å². The van der Waals surface area contributed by atoms with Crippen LogP contribution in [0.5, 0.6) is 0 Å². The zero-order valence-corrected chi connectivity index (χ0v) is 12.9. The van der Waals surface area contributed by atoms with Gasteiger partial charge in [-0.3, -0.25) is 4.68 Å². The van der Waals surface area contributed by atoms with Crippen molar-refractivity contribution in [1.82, 2.24) is 15.1 Å². The fraction of sp³-hybridized carbons (Fsp3) is 0.824. The van der Waals surface area contributed by atoms with Gasteiger partial charge in [-0.1, -0.05) is 32.6 Å². The Balaban J connectivity index is 1.48. The Morgan fingerprint density at radius 1 is 1.25 bits per heavy atom. The van der Waals surface area contributed by atoms with E-state index >= 15 is 0 Å². The van der Waals surface area contributed by atoms with Gasteiger partial charge in [0.1, 0.15) is 0 Å². The van der Waals surface area contributed by atoms with Gasteiger partial charge in [-0.15, -0.1) is 0 Å². The number of hydrogen-bond donors (Lipinski definition) is 1. The molecule has 3 nitrogen and oxygen atoms in total. The first-order chi connectivity index (χ1) is 9.81. The molecular weight excluding hydrogens is 246 g/mol. The van der Waals surface area contributed by atoms with Crippen molar-refractivity contribution < 1.29 is 0 Å². The summed E-state index contributed by atoms with van der Waals surface area (Å²) in [6, 6.07) is 2.86. The molecule has 0 unspecified atom stereocenters. The van der Waals surface area contributed by atoms with Crippen molar-refractivity contribution in [2.75, 3.05) is 6.54 Å². The lowest BCUT2D eigenvalue weighted by atomic mass is 9.83. The first-order valence-corrected chi connectivity index (χ1v) is 8.56. The molecule has 1 heterocycles. The van der Waals surface area contributed by atoms with E-state index in [1.54, 1.807) is 0 Å². The van der Waals surface area contributed by atoms with Gasteiger partial charge in [0.25, 0.3) is 0 Å². The molecule has 1 N–H and O–H groups in total. The largest absolute Gasteiger partial charge is 0.311 e. The van der Waals surface area contributed by atoms with Crippen LogP contribution >= 0.6 is 0 Å². The lowest BCUT2D eigenvalue weighted by Gasteiger charge is -2.27. The second-order valence-corrected chi connectivity index (χ2v) is 6.89. The molecule has 0 atom stereocenters. The molecule has 0 amide bonds. The number of hydrogen-bond acceptors (Lipinski definition) is 2. The normalized spacial score (nSPS) is 22.6. The van der Waals surface area contributed by atoms with Gasteiger partial charge in [-0.2, -0.15) is 5.10 Å². The highest BCUT2D eigenvalue weighted by atomic mass is 15.3. The van der Waals surface area contributed by atoms with Gasteiger partial charge in [0.15, 0.2) is 0 Å². The average molecular weight is 275 g/mol. The quantitative estimate of drug-likeness (QED) is 0.848. The molecule has 0 spiro atoms. The molecule has 2 fully saturated rings. The van der Waals surface area contributed by atoms with E-state index < -0.39 is 0 Å². The molecule has 20 heavy (non-hydrogen) atoms. The Bertz CT molecular complexity index is 412. The van der Waals surface area contributed by atoms with E-state index in [-0.39, 0.29) is 0 Å². The Hall–Kier alpha value is -0.830. The van der Waals surface area contributed by atoms with Crippen molar-refractivity contribution >= 4 is 0 Å². The van der Waals surface area contributed by atoms with Gasteiger partial charge in [-0.25, -0.2) is 0 Å². The van der Waals surface area contributed by atoms with Crippen molar-refractivity contribution in [1.29, 1.82) is 0 Å². The Morgan fingerprint density at radius 3 is 2.70 bits per heavy atom. The van der Waals surface area contributed by atoms with E-state index in [2.05, 4.69) is 29.2 Å². The summed E-state index contributed by atoms with van der Waals surface area (Å²) in [5.74, 6) is 0. The van der Waals surface area contributed by atoms with Crippen LogP contribution in [0.1, 0.15) is 76.4 Å². The van der Waals surface area contributed by atoms with Gasteiger partial charge in [0, 0.05) is 19.3 Å². The molecule has 0 aromatic carbocycles. The molecule has 3 rings (SSSR count). The monoisotopic (exact) mass is 275 g/mol. The molecular formula is C17H29N3. The van der Waals surface area contributed by atoms with E-state index in [1.165, 1.54) is 70.0 Å². The summed E-state index contributed by atoms with van der Waals surface area (Å²) < 4.78 is 2.20. The minimum absolute atomic E-state index is 0.577. The Labute approximate surface area is 123 Å². The van der Waals surface area contributed by atoms with Gasteiger partial charge in [-0.05, 0) is 43.6 Å². The van der Waals surface area contributed by atoms with Crippen LogP contribution < -0.4 is 5.32 Å². The third-order valence-corrected chi connectivity index (χ3v) is 5.58. The summed E-state index contributed by atoms with van der Waals surface area (Å²) in [6.07, 6.45) is 14.5. The molecule has 2 aliphatic carbocycles. The predicted molar refractivity (Wildman–Crippen MR) is 82.6 cm³/mol. The van der Waals surface area contributed by atoms with E-state index in [0.717, 1.165) is 6.54 Å². The van der Waals surface area contributed by atoms with Crippen molar-refractivity contribution in [3.8, 4) is 0 Å². The maximum Gasteiger partial charge on any atom is 0.0762 e. The van der Waals surface area contributed by atoms with Crippen molar-refractivity contribution in [3.63, 3.8) is 0 Å². The zero-order valence-electron chi connectivity index (χ0n) is 12.9. The third-order valence-electron chi connectivity index (χ3n) is 5.58. The SMILES string of the molecule is CCC1(CNCc2ccn(C3CCCC3)n2)CCCC1. The highest BCUT2D eigenvalue weighted by Crippen LogP contribution is 2.40. The summed E-state index contributed by atoms with van der Waals surface area (Å²) in [5, 5.41) is 8.42. The minimum Gasteiger partial charge on any atom is -0.311 e. The second kappa shape index (κ2) is 6.30. The van der Waals surface area contributed by atoms with Crippen LogP contribution in [0.3, 0.4) is 0 Å². The summed E-state index contributed by atoms with van der Waals surface area (Å²) in [5.41, 5.74) is 1.79. The number of aromatic nitrogens is 2. The minimum atomic E-state index is 0.577. The summed E-state index contributed by atoms with van der Waals surface area (Å²) in [7, 11) is 0. The van der Waals surface area contributed by atoms with E-state index in [1.807, 2.05) is 0 Å². The van der Waals surface area contributed by atoms with Gasteiger partial charge >= 0.3 is 0 Å².